The van der Waals surface area contributed by atoms with Gasteiger partial charge in [-0.3, -0.25) is 9.69 Å². The molecule has 0 aromatic rings. The predicted octanol–water partition coefficient (Wildman–Crippen LogP) is 1.36. The smallest absolute Gasteiger partial charge is 0.240 e. The van der Waals surface area contributed by atoms with Crippen LogP contribution in [-0.2, 0) is 4.79 Å². The Hall–Kier alpha value is -0.870. The van der Waals surface area contributed by atoms with Gasteiger partial charge in [-0.2, -0.15) is 0 Å². The summed E-state index contributed by atoms with van der Waals surface area (Å²) in [6.07, 6.45) is 7.83. The van der Waals surface area contributed by atoms with E-state index in [-0.39, 0.29) is 12.5 Å². The summed E-state index contributed by atoms with van der Waals surface area (Å²) in [7, 11) is 0. The lowest BCUT2D eigenvalue weighted by Gasteiger charge is -2.27. The third-order valence-corrected chi connectivity index (χ3v) is 3.77. The highest BCUT2D eigenvalue weighted by Gasteiger charge is 2.31. The molecule has 0 aliphatic heterocycles. The fraction of sp³-hybridized carbons (Fsp3) is 0.786. The molecular weight excluding hydrogens is 228 g/mol. The molecule has 18 heavy (non-hydrogen) atoms. The number of carbonyl (C=O) groups is 1. The summed E-state index contributed by atoms with van der Waals surface area (Å²) in [5, 5.41) is 9.06. The highest BCUT2D eigenvalue weighted by atomic mass is 16.3. The minimum atomic E-state index is 0.138. The van der Waals surface area contributed by atoms with Crippen molar-refractivity contribution in [3.63, 3.8) is 0 Å². The van der Waals surface area contributed by atoms with Gasteiger partial charge in [-0.25, -0.2) is 0 Å². The zero-order valence-corrected chi connectivity index (χ0v) is 11.3. The molecule has 0 aromatic carbocycles. The van der Waals surface area contributed by atoms with E-state index in [1.807, 2.05) is 11.8 Å². The van der Waals surface area contributed by atoms with E-state index in [1.54, 1.807) is 0 Å². The second kappa shape index (κ2) is 6.34. The van der Waals surface area contributed by atoms with E-state index in [4.69, 9.17) is 5.11 Å². The van der Waals surface area contributed by atoms with Crippen LogP contribution in [0.4, 0.5) is 0 Å². The molecule has 2 aliphatic rings. The lowest BCUT2D eigenvalue weighted by molar-refractivity contribution is -0.130. The van der Waals surface area contributed by atoms with Gasteiger partial charge in [-0.05, 0) is 39.0 Å². The monoisotopic (exact) mass is 252 g/mol. The summed E-state index contributed by atoms with van der Waals surface area (Å²) in [6, 6.07) is 0.525. The van der Waals surface area contributed by atoms with E-state index in [0.717, 1.165) is 19.4 Å². The molecule has 1 N–H and O–H groups in total. The fourth-order valence-corrected chi connectivity index (χ4v) is 2.66. The molecule has 0 radical (unpaired) electrons. The number of carbonyl (C=O) groups excluding carboxylic acids is 1. The van der Waals surface area contributed by atoms with E-state index in [9.17, 15) is 4.79 Å². The summed E-state index contributed by atoms with van der Waals surface area (Å²) in [4.78, 5) is 16.4. The van der Waals surface area contributed by atoms with Crippen LogP contribution in [0.3, 0.4) is 0 Å². The van der Waals surface area contributed by atoms with Gasteiger partial charge >= 0.3 is 0 Å². The number of hydrogen-bond acceptors (Lipinski definition) is 3. The van der Waals surface area contributed by atoms with Gasteiger partial charge in [0.2, 0.25) is 5.91 Å². The van der Waals surface area contributed by atoms with Crippen molar-refractivity contribution in [2.75, 3.05) is 26.2 Å². The maximum Gasteiger partial charge on any atom is 0.240 e. The molecule has 1 saturated carbocycles. The SMILES string of the molecule is CCN(C(=O)CN(CCO)C1CC1)C1=CCCC1. The number of hydrogen-bond donors (Lipinski definition) is 1. The van der Waals surface area contributed by atoms with Crippen LogP contribution in [0.2, 0.25) is 0 Å². The standard InChI is InChI=1S/C14H24N2O2/c1-2-16(13-5-3-4-6-13)14(18)11-15(9-10-17)12-7-8-12/h5,12,17H,2-4,6-11H2,1H3. The molecule has 2 aliphatic carbocycles. The molecule has 1 fully saturated rings. The first-order valence-corrected chi connectivity index (χ1v) is 7.10. The minimum absolute atomic E-state index is 0.138. The van der Waals surface area contributed by atoms with E-state index < -0.39 is 0 Å². The Morgan fingerprint density at radius 3 is 2.78 bits per heavy atom. The van der Waals surface area contributed by atoms with Crippen molar-refractivity contribution in [2.45, 2.75) is 45.1 Å². The summed E-state index contributed by atoms with van der Waals surface area (Å²) in [5.74, 6) is 0.186. The van der Waals surface area contributed by atoms with Gasteiger partial charge in [0.25, 0.3) is 0 Å². The first-order valence-electron chi connectivity index (χ1n) is 7.10. The largest absolute Gasteiger partial charge is 0.395 e. The van der Waals surface area contributed by atoms with Crippen molar-refractivity contribution in [1.29, 1.82) is 0 Å². The van der Waals surface area contributed by atoms with Crippen molar-refractivity contribution in [1.82, 2.24) is 9.80 Å². The summed E-state index contributed by atoms with van der Waals surface area (Å²) in [5.41, 5.74) is 1.20. The number of aliphatic hydroxyl groups excluding tert-OH is 1. The first kappa shape index (κ1) is 13.6. The van der Waals surface area contributed by atoms with Crippen LogP contribution in [-0.4, -0.2) is 53.1 Å². The average molecular weight is 252 g/mol. The Kier molecular flexibility index (Phi) is 4.78. The van der Waals surface area contributed by atoms with Gasteiger partial charge in [-0.1, -0.05) is 6.08 Å². The summed E-state index contributed by atoms with van der Waals surface area (Å²) in [6.45, 7) is 3.99. The zero-order valence-electron chi connectivity index (χ0n) is 11.3. The second-order valence-electron chi connectivity index (χ2n) is 5.15. The number of nitrogens with zero attached hydrogens (tertiary/aromatic N) is 2. The molecule has 0 spiro atoms. The number of aliphatic hydroxyl groups is 1. The van der Waals surface area contributed by atoms with Crippen molar-refractivity contribution in [3.8, 4) is 0 Å². The average Bonchev–Trinajstić information content (AvgIpc) is 3.07. The Morgan fingerprint density at radius 2 is 2.28 bits per heavy atom. The highest BCUT2D eigenvalue weighted by Crippen LogP contribution is 2.27. The van der Waals surface area contributed by atoms with Crippen LogP contribution in [0, 0.1) is 0 Å². The molecule has 102 valence electrons. The molecule has 0 aromatic heterocycles. The summed E-state index contributed by atoms with van der Waals surface area (Å²) >= 11 is 0. The Bertz CT molecular complexity index is 324. The molecule has 2 rings (SSSR count). The third kappa shape index (κ3) is 3.33. The van der Waals surface area contributed by atoms with Crippen molar-refractivity contribution in [2.24, 2.45) is 0 Å². The summed E-state index contributed by atoms with van der Waals surface area (Å²) < 4.78 is 0. The third-order valence-electron chi connectivity index (χ3n) is 3.77. The number of allylic oxidation sites excluding steroid dienone is 2. The highest BCUT2D eigenvalue weighted by molar-refractivity contribution is 5.80. The molecule has 0 heterocycles. The minimum Gasteiger partial charge on any atom is -0.395 e. The van der Waals surface area contributed by atoms with Crippen LogP contribution in [0.5, 0.6) is 0 Å². The van der Waals surface area contributed by atoms with Crippen LogP contribution < -0.4 is 0 Å². The zero-order chi connectivity index (χ0) is 13.0. The number of rotatable bonds is 7. The van der Waals surface area contributed by atoms with Crippen LogP contribution >= 0.6 is 0 Å². The fourth-order valence-electron chi connectivity index (χ4n) is 2.66. The quantitative estimate of drug-likeness (QED) is 0.744. The van der Waals surface area contributed by atoms with Crippen molar-refractivity contribution >= 4 is 5.91 Å². The van der Waals surface area contributed by atoms with E-state index in [1.165, 1.54) is 25.0 Å². The van der Waals surface area contributed by atoms with Gasteiger partial charge in [0.05, 0.1) is 13.2 Å². The lowest BCUT2D eigenvalue weighted by Crippen LogP contribution is -2.41. The molecule has 0 unspecified atom stereocenters. The Labute approximate surface area is 109 Å². The maximum atomic E-state index is 12.3. The van der Waals surface area contributed by atoms with Gasteiger partial charge in [0.15, 0.2) is 0 Å². The number of amides is 1. The van der Waals surface area contributed by atoms with Gasteiger partial charge in [0.1, 0.15) is 0 Å². The molecular formula is C14H24N2O2. The predicted molar refractivity (Wildman–Crippen MR) is 71.0 cm³/mol. The number of likely N-dealkylation sites (N-methyl/N-ethyl adjacent to an activating group) is 1. The topological polar surface area (TPSA) is 43.8 Å². The van der Waals surface area contributed by atoms with E-state index >= 15 is 0 Å². The Balaban J connectivity index is 1.91. The Morgan fingerprint density at radius 1 is 1.50 bits per heavy atom. The van der Waals surface area contributed by atoms with E-state index in [2.05, 4.69) is 11.0 Å². The van der Waals surface area contributed by atoms with Crippen LogP contribution in [0.1, 0.15) is 39.0 Å². The second-order valence-corrected chi connectivity index (χ2v) is 5.15. The lowest BCUT2D eigenvalue weighted by atomic mass is 10.3. The van der Waals surface area contributed by atoms with Gasteiger partial charge < -0.3 is 10.0 Å². The molecule has 0 bridgehead atoms. The van der Waals surface area contributed by atoms with Crippen LogP contribution in [0.25, 0.3) is 0 Å². The van der Waals surface area contributed by atoms with Crippen molar-refractivity contribution in [3.05, 3.63) is 11.8 Å². The molecule has 4 heteroatoms. The van der Waals surface area contributed by atoms with Crippen molar-refractivity contribution < 1.29 is 9.90 Å². The van der Waals surface area contributed by atoms with Crippen LogP contribution in [0.15, 0.2) is 11.8 Å². The van der Waals surface area contributed by atoms with Gasteiger partial charge in [0, 0.05) is 24.8 Å². The molecule has 0 atom stereocenters. The molecule has 1 amide bonds. The maximum absolute atomic E-state index is 12.3. The normalized spacial score (nSPS) is 19.2. The first-order chi connectivity index (χ1) is 8.76. The molecule has 4 nitrogen and oxygen atoms in total. The molecule has 0 saturated heterocycles. The van der Waals surface area contributed by atoms with E-state index in [0.29, 0.717) is 19.1 Å². The van der Waals surface area contributed by atoms with Gasteiger partial charge in [-0.15, -0.1) is 0 Å².